The summed E-state index contributed by atoms with van der Waals surface area (Å²) in [7, 11) is 1.26. The van der Waals surface area contributed by atoms with E-state index >= 15 is 0 Å². The van der Waals surface area contributed by atoms with Gasteiger partial charge in [0, 0.05) is 0 Å². The van der Waals surface area contributed by atoms with Gasteiger partial charge >= 0.3 is 5.97 Å². The number of nitrogens with two attached hydrogens (primary N) is 1. The number of carbonyl (C=O) groups excluding carboxylic acids is 2. The van der Waals surface area contributed by atoms with Crippen molar-refractivity contribution in [1.29, 1.82) is 0 Å². The number of ether oxygens (including phenoxy) is 1. The van der Waals surface area contributed by atoms with Gasteiger partial charge in [-0.15, -0.1) is 6.58 Å². The predicted molar refractivity (Wildman–Crippen MR) is 52.4 cm³/mol. The molecule has 0 aliphatic carbocycles. The van der Waals surface area contributed by atoms with Crippen LogP contribution in [0, 0.1) is 0 Å². The highest BCUT2D eigenvalue weighted by atomic mass is 16.5. The third-order valence-corrected chi connectivity index (χ3v) is 1.67. The Labute approximate surface area is 83.3 Å². The Morgan fingerprint density at radius 1 is 1.64 bits per heavy atom. The number of rotatable bonds is 5. The van der Waals surface area contributed by atoms with Gasteiger partial charge in [0.15, 0.2) is 0 Å². The minimum atomic E-state index is -0.677. The molecule has 0 fully saturated rings. The molecule has 1 amide bonds. The molecule has 14 heavy (non-hydrogen) atoms. The maximum absolute atomic E-state index is 11.3. The van der Waals surface area contributed by atoms with Crippen molar-refractivity contribution in [3.8, 4) is 0 Å². The van der Waals surface area contributed by atoms with Crippen LogP contribution in [0.3, 0.4) is 0 Å². The molecule has 0 bridgehead atoms. The number of methoxy groups -OCH3 is 1. The normalized spacial score (nSPS) is 13.9. The van der Waals surface area contributed by atoms with Crippen LogP contribution in [0.2, 0.25) is 0 Å². The first-order chi connectivity index (χ1) is 6.52. The zero-order valence-corrected chi connectivity index (χ0v) is 8.45. The van der Waals surface area contributed by atoms with Crippen molar-refractivity contribution in [3.63, 3.8) is 0 Å². The minimum absolute atomic E-state index is 0.375. The number of carbonyl (C=O) groups is 2. The largest absolute Gasteiger partial charge is 0.467 e. The summed E-state index contributed by atoms with van der Waals surface area (Å²) in [5.74, 6) is -0.882. The van der Waals surface area contributed by atoms with E-state index in [4.69, 9.17) is 5.73 Å². The van der Waals surface area contributed by atoms with Crippen LogP contribution in [0.25, 0.3) is 0 Å². The lowest BCUT2D eigenvalue weighted by atomic mass is 10.2. The van der Waals surface area contributed by atoms with Gasteiger partial charge < -0.3 is 15.8 Å². The average Bonchev–Trinajstić information content (AvgIpc) is 2.16. The van der Waals surface area contributed by atoms with Crippen LogP contribution < -0.4 is 11.1 Å². The lowest BCUT2D eigenvalue weighted by Crippen LogP contribution is -2.47. The molecule has 0 heterocycles. The zero-order valence-electron chi connectivity index (χ0n) is 8.45. The second kappa shape index (κ2) is 6.15. The standard InChI is InChI=1S/C9H16N2O3/c1-4-5-7(10)8(12)11-6(2)9(13)14-3/h4,6-7H,1,5,10H2,2-3H3,(H,11,12)/t6-,7+/m1/s1. The Morgan fingerprint density at radius 2 is 2.21 bits per heavy atom. The molecule has 0 saturated carbocycles. The first-order valence-corrected chi connectivity index (χ1v) is 4.27. The highest BCUT2D eigenvalue weighted by Gasteiger charge is 2.19. The lowest BCUT2D eigenvalue weighted by molar-refractivity contribution is -0.144. The average molecular weight is 200 g/mol. The summed E-state index contributed by atoms with van der Waals surface area (Å²) >= 11 is 0. The molecule has 0 radical (unpaired) electrons. The molecule has 0 unspecified atom stereocenters. The molecule has 0 aromatic carbocycles. The fourth-order valence-corrected chi connectivity index (χ4v) is 0.843. The summed E-state index contributed by atoms with van der Waals surface area (Å²) in [4.78, 5) is 22.2. The summed E-state index contributed by atoms with van der Waals surface area (Å²) < 4.78 is 4.44. The van der Waals surface area contributed by atoms with Gasteiger partial charge in [-0.2, -0.15) is 0 Å². The van der Waals surface area contributed by atoms with Crippen LogP contribution in [0.5, 0.6) is 0 Å². The second-order valence-corrected chi connectivity index (χ2v) is 2.88. The van der Waals surface area contributed by atoms with E-state index in [9.17, 15) is 9.59 Å². The number of amides is 1. The number of hydrogen-bond acceptors (Lipinski definition) is 4. The molecule has 5 nitrogen and oxygen atoms in total. The molecule has 0 rings (SSSR count). The molecule has 0 aromatic rings. The van der Waals surface area contributed by atoms with Crippen molar-refractivity contribution < 1.29 is 14.3 Å². The molecule has 0 aromatic heterocycles. The summed E-state index contributed by atoms with van der Waals surface area (Å²) in [6.45, 7) is 4.99. The first-order valence-electron chi connectivity index (χ1n) is 4.27. The van der Waals surface area contributed by atoms with E-state index in [0.29, 0.717) is 6.42 Å². The monoisotopic (exact) mass is 200 g/mol. The van der Waals surface area contributed by atoms with E-state index < -0.39 is 18.1 Å². The first kappa shape index (κ1) is 12.6. The summed E-state index contributed by atoms with van der Waals surface area (Å²) in [6, 6.07) is -1.34. The van der Waals surface area contributed by atoms with Crippen molar-refractivity contribution in [3.05, 3.63) is 12.7 Å². The van der Waals surface area contributed by atoms with E-state index in [1.165, 1.54) is 14.0 Å². The maximum atomic E-state index is 11.3. The third kappa shape index (κ3) is 4.04. The molecule has 2 atom stereocenters. The van der Waals surface area contributed by atoms with E-state index in [2.05, 4.69) is 16.6 Å². The van der Waals surface area contributed by atoms with E-state index in [1.54, 1.807) is 6.08 Å². The fourth-order valence-electron chi connectivity index (χ4n) is 0.843. The Kier molecular flexibility index (Phi) is 5.55. The Hall–Kier alpha value is -1.36. The van der Waals surface area contributed by atoms with E-state index in [-0.39, 0.29) is 5.91 Å². The summed E-state index contributed by atoms with van der Waals surface area (Å²) in [5, 5.41) is 2.43. The Bertz CT molecular complexity index is 228. The van der Waals surface area contributed by atoms with Crippen molar-refractivity contribution in [1.82, 2.24) is 5.32 Å². The summed E-state index contributed by atoms with van der Waals surface area (Å²) in [5.41, 5.74) is 5.48. The quantitative estimate of drug-likeness (QED) is 0.466. The van der Waals surface area contributed by atoms with Crippen molar-refractivity contribution >= 4 is 11.9 Å². The number of nitrogens with one attached hydrogen (secondary N) is 1. The van der Waals surface area contributed by atoms with Crippen molar-refractivity contribution in [2.24, 2.45) is 5.73 Å². The second-order valence-electron chi connectivity index (χ2n) is 2.88. The van der Waals surface area contributed by atoms with Gasteiger partial charge in [0.25, 0.3) is 0 Å². The molecule has 0 spiro atoms. The molecule has 0 saturated heterocycles. The van der Waals surface area contributed by atoms with Crippen LogP contribution in [0.4, 0.5) is 0 Å². The van der Waals surface area contributed by atoms with Crippen LogP contribution in [0.1, 0.15) is 13.3 Å². The van der Waals surface area contributed by atoms with Crippen LogP contribution in [-0.2, 0) is 14.3 Å². The fraction of sp³-hybridized carbons (Fsp3) is 0.556. The molecule has 5 heteroatoms. The topological polar surface area (TPSA) is 81.4 Å². The van der Waals surface area contributed by atoms with Crippen molar-refractivity contribution in [2.75, 3.05) is 7.11 Å². The molecule has 3 N–H and O–H groups in total. The van der Waals surface area contributed by atoms with Crippen LogP contribution >= 0.6 is 0 Å². The van der Waals surface area contributed by atoms with Crippen molar-refractivity contribution in [2.45, 2.75) is 25.4 Å². The number of hydrogen-bond donors (Lipinski definition) is 2. The van der Waals surface area contributed by atoms with Gasteiger partial charge in [-0.3, -0.25) is 4.79 Å². The summed E-state index contributed by atoms with van der Waals surface area (Å²) in [6.07, 6.45) is 1.92. The molecular formula is C9H16N2O3. The van der Waals surface area contributed by atoms with Gasteiger partial charge in [0.05, 0.1) is 13.2 Å². The molecule has 0 aliphatic heterocycles. The number of esters is 1. The van der Waals surface area contributed by atoms with Gasteiger partial charge in [-0.1, -0.05) is 6.08 Å². The van der Waals surface area contributed by atoms with Gasteiger partial charge in [-0.05, 0) is 13.3 Å². The smallest absolute Gasteiger partial charge is 0.328 e. The Balaban J connectivity index is 4.04. The molecule has 0 aliphatic rings. The SMILES string of the molecule is C=CC[C@H](N)C(=O)N[C@H](C)C(=O)OC. The Morgan fingerprint density at radius 3 is 2.64 bits per heavy atom. The van der Waals surface area contributed by atoms with Gasteiger partial charge in [0.2, 0.25) is 5.91 Å². The predicted octanol–water partition coefficient (Wildman–Crippen LogP) is -0.432. The van der Waals surface area contributed by atoms with Gasteiger partial charge in [0.1, 0.15) is 6.04 Å². The lowest BCUT2D eigenvalue weighted by Gasteiger charge is -2.14. The van der Waals surface area contributed by atoms with Crippen LogP contribution in [0.15, 0.2) is 12.7 Å². The molecule has 80 valence electrons. The zero-order chi connectivity index (χ0) is 11.1. The minimum Gasteiger partial charge on any atom is -0.467 e. The van der Waals surface area contributed by atoms with E-state index in [1.807, 2.05) is 0 Å². The van der Waals surface area contributed by atoms with Gasteiger partial charge in [-0.25, -0.2) is 4.79 Å². The highest BCUT2D eigenvalue weighted by Crippen LogP contribution is 1.92. The third-order valence-electron chi connectivity index (χ3n) is 1.67. The maximum Gasteiger partial charge on any atom is 0.328 e. The molecular weight excluding hydrogens is 184 g/mol. The van der Waals surface area contributed by atoms with Crippen LogP contribution in [-0.4, -0.2) is 31.1 Å². The highest BCUT2D eigenvalue weighted by molar-refractivity contribution is 5.87. The van der Waals surface area contributed by atoms with E-state index in [0.717, 1.165) is 0 Å².